The summed E-state index contributed by atoms with van der Waals surface area (Å²) >= 11 is 9.25. The number of nitrogens with zero attached hydrogens (tertiary/aromatic N) is 1. The Morgan fingerprint density at radius 3 is 2.88 bits per heavy atom. The highest BCUT2D eigenvalue weighted by molar-refractivity contribution is 7.99. The third-order valence-electron chi connectivity index (χ3n) is 3.87. The van der Waals surface area contributed by atoms with Crippen LogP contribution >= 0.6 is 34.7 Å². The number of hydrogen-bond acceptors (Lipinski definition) is 5. The van der Waals surface area contributed by atoms with Crippen LogP contribution in [0.3, 0.4) is 0 Å². The van der Waals surface area contributed by atoms with Crippen molar-refractivity contribution < 1.29 is 9.21 Å². The van der Waals surface area contributed by atoms with E-state index in [0.29, 0.717) is 23.2 Å². The zero-order valence-electron chi connectivity index (χ0n) is 14.5. The molecule has 0 saturated carbocycles. The summed E-state index contributed by atoms with van der Waals surface area (Å²) in [5.41, 5.74) is 1.79. The highest BCUT2D eigenvalue weighted by Crippen LogP contribution is 2.28. The number of aromatic nitrogens is 1. The molecule has 2 aromatic heterocycles. The lowest BCUT2D eigenvalue weighted by molar-refractivity contribution is -0.120. The first kappa shape index (κ1) is 19.0. The van der Waals surface area contributed by atoms with Crippen LogP contribution in [-0.4, -0.2) is 16.1 Å². The first-order valence-corrected chi connectivity index (χ1v) is 10.5. The maximum absolute atomic E-state index is 12.3. The van der Waals surface area contributed by atoms with E-state index in [9.17, 15) is 4.79 Å². The van der Waals surface area contributed by atoms with Gasteiger partial charge in [-0.2, -0.15) is 0 Å². The number of carbonyl (C=O) groups excluding carboxylic acids is 1. The van der Waals surface area contributed by atoms with Gasteiger partial charge in [0.05, 0.1) is 15.8 Å². The second kappa shape index (κ2) is 8.75. The largest absolute Gasteiger partial charge is 0.440 e. The van der Waals surface area contributed by atoms with Crippen LogP contribution in [-0.2, 0) is 17.1 Å². The van der Waals surface area contributed by atoms with Crippen LogP contribution in [0.1, 0.15) is 23.9 Å². The minimum absolute atomic E-state index is 0.0189. The highest BCUT2D eigenvalue weighted by Gasteiger charge is 2.17. The summed E-state index contributed by atoms with van der Waals surface area (Å²) in [6.07, 6.45) is 0. The molecule has 1 N–H and O–H groups in total. The number of thioether (sulfide) groups is 1. The van der Waals surface area contributed by atoms with Crippen molar-refractivity contribution in [2.24, 2.45) is 0 Å². The number of amides is 1. The third-order valence-corrected chi connectivity index (χ3v) is 6.26. The predicted molar refractivity (Wildman–Crippen MR) is 109 cm³/mol. The Hall–Kier alpha value is -1.76. The minimum atomic E-state index is -0.196. The predicted octanol–water partition coefficient (Wildman–Crippen LogP) is 5.30. The van der Waals surface area contributed by atoms with Gasteiger partial charge in [0, 0.05) is 17.3 Å². The van der Waals surface area contributed by atoms with Gasteiger partial charge in [-0.3, -0.25) is 4.79 Å². The zero-order chi connectivity index (χ0) is 18.5. The molecule has 2 heterocycles. The van der Waals surface area contributed by atoms with Crippen molar-refractivity contribution in [3.8, 4) is 10.8 Å². The Kier molecular flexibility index (Phi) is 6.40. The molecular weight excluding hydrogens is 388 g/mol. The fourth-order valence-electron chi connectivity index (χ4n) is 2.32. The van der Waals surface area contributed by atoms with Crippen LogP contribution in [0.15, 0.2) is 46.2 Å². The number of thiophene rings is 1. The molecule has 0 aliphatic carbocycles. The molecule has 1 amide bonds. The number of benzene rings is 1. The van der Waals surface area contributed by atoms with E-state index in [0.717, 1.165) is 21.9 Å². The average molecular weight is 407 g/mol. The lowest BCUT2D eigenvalue weighted by Gasteiger charge is -2.12. The summed E-state index contributed by atoms with van der Waals surface area (Å²) in [7, 11) is 0. The molecule has 3 rings (SSSR count). The fourth-order valence-corrected chi connectivity index (χ4v) is 4.08. The van der Waals surface area contributed by atoms with E-state index in [1.54, 1.807) is 11.3 Å². The van der Waals surface area contributed by atoms with Crippen LogP contribution < -0.4 is 5.32 Å². The summed E-state index contributed by atoms with van der Waals surface area (Å²) in [5, 5.41) is 5.39. The van der Waals surface area contributed by atoms with E-state index in [2.05, 4.69) is 10.3 Å². The summed E-state index contributed by atoms with van der Waals surface area (Å²) in [6.45, 7) is 4.22. The molecule has 0 aliphatic heterocycles. The number of nitrogens with one attached hydrogen (secondary N) is 1. The molecule has 0 spiro atoms. The van der Waals surface area contributed by atoms with Crippen LogP contribution in [0, 0.1) is 6.92 Å². The van der Waals surface area contributed by atoms with E-state index in [1.165, 1.54) is 11.8 Å². The van der Waals surface area contributed by atoms with Gasteiger partial charge in [-0.05, 0) is 36.9 Å². The van der Waals surface area contributed by atoms with Crippen LogP contribution in [0.4, 0.5) is 0 Å². The standard InChI is InChI=1S/C19H19ClN2O2S2/c1-12-16(22-19(24-12)17-8-5-9-25-17)11-26-13(2)18(23)21-10-14-6-3-4-7-15(14)20/h3-9,13H,10-11H2,1-2H3,(H,21,23)/t13-/m0/s1. The lowest BCUT2D eigenvalue weighted by atomic mass is 10.2. The molecule has 136 valence electrons. The number of rotatable bonds is 7. The molecular formula is C19H19ClN2O2S2. The van der Waals surface area contributed by atoms with Crippen LogP contribution in [0.2, 0.25) is 5.02 Å². The molecule has 4 nitrogen and oxygen atoms in total. The van der Waals surface area contributed by atoms with E-state index in [4.69, 9.17) is 16.0 Å². The van der Waals surface area contributed by atoms with Crippen molar-refractivity contribution in [2.75, 3.05) is 0 Å². The Labute approximate surface area is 166 Å². The van der Waals surface area contributed by atoms with Gasteiger partial charge in [0.15, 0.2) is 0 Å². The molecule has 7 heteroatoms. The van der Waals surface area contributed by atoms with Crippen molar-refractivity contribution in [1.82, 2.24) is 10.3 Å². The summed E-state index contributed by atoms with van der Waals surface area (Å²) in [4.78, 5) is 17.9. The topological polar surface area (TPSA) is 55.1 Å². The van der Waals surface area contributed by atoms with E-state index in [1.807, 2.05) is 55.6 Å². The van der Waals surface area contributed by atoms with Crippen molar-refractivity contribution in [2.45, 2.75) is 31.4 Å². The van der Waals surface area contributed by atoms with Crippen molar-refractivity contribution >= 4 is 40.6 Å². The summed E-state index contributed by atoms with van der Waals surface area (Å²) in [6, 6.07) is 11.5. The van der Waals surface area contributed by atoms with Crippen molar-refractivity contribution in [3.63, 3.8) is 0 Å². The zero-order valence-corrected chi connectivity index (χ0v) is 16.9. The van der Waals surface area contributed by atoms with E-state index >= 15 is 0 Å². The van der Waals surface area contributed by atoms with Gasteiger partial charge < -0.3 is 9.73 Å². The third kappa shape index (κ3) is 4.69. The van der Waals surface area contributed by atoms with Crippen molar-refractivity contribution in [3.05, 3.63) is 63.8 Å². The van der Waals surface area contributed by atoms with Gasteiger partial charge in [-0.15, -0.1) is 23.1 Å². The second-order valence-corrected chi connectivity index (χ2v) is 8.45. The van der Waals surface area contributed by atoms with Crippen LogP contribution in [0.25, 0.3) is 10.8 Å². The highest BCUT2D eigenvalue weighted by atomic mass is 35.5. The van der Waals surface area contributed by atoms with E-state index in [-0.39, 0.29) is 11.2 Å². The Bertz CT molecular complexity index is 878. The van der Waals surface area contributed by atoms with E-state index < -0.39 is 0 Å². The molecule has 1 atom stereocenters. The molecule has 1 aromatic carbocycles. The maximum Gasteiger partial charge on any atom is 0.236 e. The molecule has 26 heavy (non-hydrogen) atoms. The Balaban J connectivity index is 1.53. The second-order valence-electron chi connectivity index (χ2n) is 5.76. The lowest BCUT2D eigenvalue weighted by Crippen LogP contribution is -2.30. The van der Waals surface area contributed by atoms with Gasteiger partial charge in [-0.25, -0.2) is 4.98 Å². The molecule has 0 bridgehead atoms. The van der Waals surface area contributed by atoms with Gasteiger partial charge >= 0.3 is 0 Å². The number of aryl methyl sites for hydroxylation is 1. The van der Waals surface area contributed by atoms with Crippen molar-refractivity contribution in [1.29, 1.82) is 0 Å². The Morgan fingerprint density at radius 1 is 1.35 bits per heavy atom. The van der Waals surface area contributed by atoms with Gasteiger partial charge in [0.1, 0.15) is 5.76 Å². The number of halogens is 1. The average Bonchev–Trinajstić information content (AvgIpc) is 3.28. The molecule has 0 aliphatic rings. The SMILES string of the molecule is Cc1oc(-c2cccs2)nc1CS[C@@H](C)C(=O)NCc1ccccc1Cl. The quantitative estimate of drug-likeness (QED) is 0.578. The fraction of sp³-hybridized carbons (Fsp3) is 0.263. The maximum atomic E-state index is 12.3. The van der Waals surface area contributed by atoms with Crippen LogP contribution in [0.5, 0.6) is 0 Å². The Morgan fingerprint density at radius 2 is 2.15 bits per heavy atom. The smallest absolute Gasteiger partial charge is 0.236 e. The number of carbonyl (C=O) groups is 1. The summed E-state index contributed by atoms with van der Waals surface area (Å²) < 4.78 is 5.74. The molecule has 3 aromatic rings. The first-order valence-electron chi connectivity index (χ1n) is 8.17. The molecule has 0 saturated heterocycles. The van der Waals surface area contributed by atoms with Gasteiger partial charge in [0.25, 0.3) is 0 Å². The first-order chi connectivity index (χ1) is 12.5. The molecule has 0 fully saturated rings. The molecule has 0 radical (unpaired) electrons. The monoisotopic (exact) mass is 406 g/mol. The summed E-state index contributed by atoms with van der Waals surface area (Å²) in [5.74, 6) is 2.05. The normalized spacial score (nSPS) is 12.1. The van der Waals surface area contributed by atoms with Gasteiger partial charge in [0.2, 0.25) is 11.8 Å². The molecule has 0 unspecified atom stereocenters. The van der Waals surface area contributed by atoms with Gasteiger partial charge in [-0.1, -0.05) is 35.9 Å². The number of oxazole rings is 1. The minimum Gasteiger partial charge on any atom is -0.440 e. The number of hydrogen-bond donors (Lipinski definition) is 1.